The van der Waals surface area contributed by atoms with Crippen molar-refractivity contribution in [2.45, 2.75) is 19.0 Å². The summed E-state index contributed by atoms with van der Waals surface area (Å²) in [4.78, 5) is 16.6. The average Bonchev–Trinajstić information content (AvgIpc) is 2.62. The molecule has 0 saturated carbocycles. The highest BCUT2D eigenvalue weighted by atomic mass is 35.5. The van der Waals surface area contributed by atoms with Crippen molar-refractivity contribution in [3.05, 3.63) is 70.7 Å². The van der Waals surface area contributed by atoms with Crippen LogP contribution in [0.5, 0.6) is 0 Å². The Kier molecular flexibility index (Phi) is 6.35. The molecule has 5 heteroatoms. The van der Waals surface area contributed by atoms with E-state index in [1.54, 1.807) is 0 Å². The van der Waals surface area contributed by atoms with Crippen molar-refractivity contribution in [1.82, 2.24) is 9.80 Å². The van der Waals surface area contributed by atoms with Crippen LogP contribution in [0.1, 0.15) is 11.1 Å². The Morgan fingerprint density at radius 3 is 2.52 bits per heavy atom. The van der Waals surface area contributed by atoms with E-state index < -0.39 is 0 Å². The van der Waals surface area contributed by atoms with Gasteiger partial charge in [0.05, 0.1) is 0 Å². The molecule has 3 nitrogen and oxygen atoms in total. The minimum Gasteiger partial charge on any atom is -0.336 e. The number of nitrogens with zero attached hydrogens (tertiary/aromatic N) is 2. The number of piperazine rings is 1. The molecule has 1 fully saturated rings. The lowest BCUT2D eigenvalue weighted by molar-refractivity contribution is -0.133. The van der Waals surface area contributed by atoms with Crippen molar-refractivity contribution in [3.63, 3.8) is 0 Å². The number of benzene rings is 2. The Hall–Kier alpha value is -1.55. The van der Waals surface area contributed by atoms with Gasteiger partial charge in [0.25, 0.3) is 0 Å². The monoisotopic (exact) mass is 376 g/mol. The molecule has 1 heterocycles. The maximum absolute atomic E-state index is 12.2. The van der Waals surface area contributed by atoms with E-state index in [-0.39, 0.29) is 17.8 Å². The number of alkyl halides is 1. The molecule has 0 aromatic heterocycles. The first-order chi connectivity index (χ1) is 12.2. The van der Waals surface area contributed by atoms with Crippen LogP contribution in [-0.2, 0) is 17.8 Å². The van der Waals surface area contributed by atoms with Crippen LogP contribution >= 0.6 is 23.2 Å². The van der Waals surface area contributed by atoms with Gasteiger partial charge in [-0.05, 0) is 29.7 Å². The predicted molar refractivity (Wildman–Crippen MR) is 103 cm³/mol. The molecule has 0 aliphatic carbocycles. The molecule has 2 aromatic rings. The number of hydrogen-bond acceptors (Lipinski definition) is 2. The van der Waals surface area contributed by atoms with E-state index in [4.69, 9.17) is 23.2 Å². The molecule has 25 heavy (non-hydrogen) atoms. The second-order valence-corrected chi connectivity index (χ2v) is 7.13. The zero-order valence-corrected chi connectivity index (χ0v) is 15.6. The fraction of sp³-hybridized carbons (Fsp3) is 0.350. The fourth-order valence-electron chi connectivity index (χ4n) is 3.42. The lowest BCUT2D eigenvalue weighted by Crippen LogP contribution is -2.56. The van der Waals surface area contributed by atoms with Crippen LogP contribution in [0, 0.1) is 0 Å². The summed E-state index contributed by atoms with van der Waals surface area (Å²) < 4.78 is 0. The second-order valence-electron chi connectivity index (χ2n) is 6.43. The van der Waals surface area contributed by atoms with Crippen LogP contribution in [0.25, 0.3) is 0 Å². The van der Waals surface area contributed by atoms with Gasteiger partial charge < -0.3 is 4.90 Å². The van der Waals surface area contributed by atoms with Gasteiger partial charge in [0, 0.05) is 37.2 Å². The molecular formula is C20H22Cl2N2O. The lowest BCUT2D eigenvalue weighted by Gasteiger charge is -2.41. The Morgan fingerprint density at radius 1 is 1.04 bits per heavy atom. The molecule has 0 bridgehead atoms. The van der Waals surface area contributed by atoms with Crippen LogP contribution in [0.3, 0.4) is 0 Å². The first kappa shape index (κ1) is 18.2. The summed E-state index contributed by atoms with van der Waals surface area (Å²) in [6.07, 6.45) is 0.843. The standard InChI is InChI=1S/C20H22Cl2N2O/c21-13-20(25)24-10-9-23(14-17-7-4-8-18(22)11-17)15-19(24)12-16-5-2-1-3-6-16/h1-8,11,19H,9-10,12-15H2/t19-/m0/s1. The molecule has 0 unspecified atom stereocenters. The van der Waals surface area contributed by atoms with E-state index in [1.807, 2.05) is 41.3 Å². The Labute approximate surface area is 159 Å². The zero-order valence-electron chi connectivity index (χ0n) is 14.1. The Morgan fingerprint density at radius 2 is 1.80 bits per heavy atom. The van der Waals surface area contributed by atoms with E-state index in [9.17, 15) is 4.79 Å². The lowest BCUT2D eigenvalue weighted by atomic mass is 10.0. The van der Waals surface area contributed by atoms with Crippen LogP contribution < -0.4 is 0 Å². The van der Waals surface area contributed by atoms with Crippen LogP contribution in [-0.4, -0.2) is 47.3 Å². The number of rotatable bonds is 5. The third-order valence-corrected chi connectivity index (χ3v) is 5.07. The third kappa shape index (κ3) is 4.97. The maximum Gasteiger partial charge on any atom is 0.237 e. The van der Waals surface area contributed by atoms with Crippen molar-refractivity contribution >= 4 is 29.1 Å². The molecule has 2 aromatic carbocycles. The summed E-state index contributed by atoms with van der Waals surface area (Å²) in [5.74, 6) is 0.0598. The topological polar surface area (TPSA) is 23.6 Å². The van der Waals surface area contributed by atoms with Crippen LogP contribution in [0.4, 0.5) is 0 Å². The summed E-state index contributed by atoms with van der Waals surface area (Å²) in [5.41, 5.74) is 2.44. The largest absolute Gasteiger partial charge is 0.336 e. The van der Waals surface area contributed by atoms with Crippen molar-refractivity contribution < 1.29 is 4.79 Å². The molecule has 0 spiro atoms. The summed E-state index contributed by atoms with van der Waals surface area (Å²) in [6.45, 7) is 3.24. The molecule has 1 amide bonds. The highest BCUT2D eigenvalue weighted by Gasteiger charge is 2.30. The molecule has 1 atom stereocenters. The fourth-order valence-corrected chi connectivity index (χ4v) is 3.79. The van der Waals surface area contributed by atoms with Gasteiger partial charge in [0.2, 0.25) is 5.91 Å². The highest BCUT2D eigenvalue weighted by Crippen LogP contribution is 2.19. The first-order valence-corrected chi connectivity index (χ1v) is 9.43. The number of carbonyl (C=O) groups is 1. The van der Waals surface area contributed by atoms with Gasteiger partial charge in [0.1, 0.15) is 5.88 Å². The van der Waals surface area contributed by atoms with E-state index in [1.165, 1.54) is 11.1 Å². The Balaban J connectivity index is 1.71. The van der Waals surface area contributed by atoms with E-state index in [0.29, 0.717) is 6.54 Å². The third-order valence-electron chi connectivity index (χ3n) is 4.61. The van der Waals surface area contributed by atoms with Gasteiger partial charge in [0.15, 0.2) is 0 Å². The quantitative estimate of drug-likeness (QED) is 0.740. The van der Waals surface area contributed by atoms with Crippen LogP contribution in [0.2, 0.25) is 5.02 Å². The van der Waals surface area contributed by atoms with Crippen molar-refractivity contribution in [1.29, 1.82) is 0 Å². The molecule has 1 aliphatic heterocycles. The highest BCUT2D eigenvalue weighted by molar-refractivity contribution is 6.30. The van der Waals surface area contributed by atoms with Crippen molar-refractivity contribution in [2.24, 2.45) is 0 Å². The smallest absolute Gasteiger partial charge is 0.237 e. The minimum absolute atomic E-state index is 0.0185. The normalized spacial score (nSPS) is 18.3. The van der Waals surface area contributed by atoms with Gasteiger partial charge in [-0.2, -0.15) is 0 Å². The van der Waals surface area contributed by atoms with Crippen molar-refractivity contribution in [2.75, 3.05) is 25.5 Å². The molecule has 0 N–H and O–H groups in total. The summed E-state index contributed by atoms with van der Waals surface area (Å²) in [7, 11) is 0. The Bertz CT molecular complexity index is 708. The maximum atomic E-state index is 12.2. The van der Waals surface area contributed by atoms with Gasteiger partial charge in [-0.1, -0.05) is 54.1 Å². The van der Waals surface area contributed by atoms with E-state index >= 15 is 0 Å². The van der Waals surface area contributed by atoms with Gasteiger partial charge in [-0.3, -0.25) is 9.69 Å². The van der Waals surface area contributed by atoms with E-state index in [2.05, 4.69) is 23.1 Å². The molecule has 1 saturated heterocycles. The predicted octanol–water partition coefficient (Wildman–Crippen LogP) is 3.83. The zero-order chi connectivity index (χ0) is 17.6. The minimum atomic E-state index is 0.0185. The van der Waals surface area contributed by atoms with Crippen molar-refractivity contribution in [3.8, 4) is 0 Å². The summed E-state index contributed by atoms with van der Waals surface area (Å²) in [6, 6.07) is 18.4. The second kappa shape index (κ2) is 8.70. The average molecular weight is 377 g/mol. The molecular weight excluding hydrogens is 355 g/mol. The summed E-state index contributed by atoms with van der Waals surface area (Å²) in [5, 5.41) is 0.759. The van der Waals surface area contributed by atoms with Gasteiger partial charge in [-0.15, -0.1) is 11.6 Å². The first-order valence-electron chi connectivity index (χ1n) is 8.52. The molecule has 1 aliphatic rings. The number of hydrogen-bond donors (Lipinski definition) is 0. The molecule has 132 valence electrons. The number of carbonyl (C=O) groups excluding carboxylic acids is 1. The van der Waals surface area contributed by atoms with Gasteiger partial charge in [-0.25, -0.2) is 0 Å². The number of halogens is 2. The SMILES string of the molecule is O=C(CCl)N1CCN(Cc2cccc(Cl)c2)C[C@@H]1Cc1ccccc1. The number of amides is 1. The molecule has 0 radical (unpaired) electrons. The summed E-state index contributed by atoms with van der Waals surface area (Å²) >= 11 is 11.9. The van der Waals surface area contributed by atoms with E-state index in [0.717, 1.165) is 31.1 Å². The molecule has 3 rings (SSSR count). The van der Waals surface area contributed by atoms with Crippen LogP contribution in [0.15, 0.2) is 54.6 Å². The van der Waals surface area contributed by atoms with Gasteiger partial charge >= 0.3 is 0 Å².